The summed E-state index contributed by atoms with van der Waals surface area (Å²) in [5.74, 6) is 1.90. The molecule has 1 aromatic heterocycles. The molecule has 24 heavy (non-hydrogen) atoms. The smallest absolute Gasteiger partial charge is 0.222 e. The fourth-order valence-corrected chi connectivity index (χ4v) is 2.82. The molecular weight excluding hydrogens is 304 g/mol. The molecule has 6 heteroatoms. The number of carbonyl (C=O) groups excluding carboxylic acids is 1. The molecule has 1 aliphatic rings. The number of methoxy groups -OCH3 is 1. The molecular formula is C18H22N4O2. The number of amides is 1. The van der Waals surface area contributed by atoms with Crippen molar-refractivity contribution in [3.63, 3.8) is 0 Å². The second-order valence-electron chi connectivity index (χ2n) is 5.73. The van der Waals surface area contributed by atoms with Crippen molar-refractivity contribution in [3.05, 3.63) is 36.4 Å². The second-order valence-corrected chi connectivity index (χ2v) is 5.73. The molecule has 1 aromatic carbocycles. The van der Waals surface area contributed by atoms with Gasteiger partial charge in [-0.3, -0.25) is 4.79 Å². The standard InChI is InChI=1S/C18H22N4O2/c1-3-18(23)22-12-10-21(11-13-22)17-9-8-16(19-20-17)14-4-6-15(24-2)7-5-14/h4-9H,3,10-13H2,1-2H3. The molecule has 2 heterocycles. The minimum Gasteiger partial charge on any atom is -0.497 e. The van der Waals surface area contributed by atoms with E-state index in [-0.39, 0.29) is 5.91 Å². The molecule has 0 atom stereocenters. The third kappa shape index (κ3) is 3.48. The molecule has 0 radical (unpaired) electrons. The zero-order chi connectivity index (χ0) is 16.9. The Balaban J connectivity index is 1.65. The van der Waals surface area contributed by atoms with Crippen LogP contribution in [-0.4, -0.2) is 54.3 Å². The molecule has 0 saturated carbocycles. The van der Waals surface area contributed by atoms with E-state index >= 15 is 0 Å². The summed E-state index contributed by atoms with van der Waals surface area (Å²) in [4.78, 5) is 15.8. The van der Waals surface area contributed by atoms with Crippen LogP contribution in [0.5, 0.6) is 5.75 Å². The highest BCUT2D eigenvalue weighted by Gasteiger charge is 2.20. The number of rotatable bonds is 4. The molecule has 1 saturated heterocycles. The summed E-state index contributed by atoms with van der Waals surface area (Å²) >= 11 is 0. The lowest BCUT2D eigenvalue weighted by atomic mass is 10.1. The Morgan fingerprint density at radius 3 is 2.29 bits per heavy atom. The van der Waals surface area contributed by atoms with Crippen molar-refractivity contribution in [2.75, 3.05) is 38.2 Å². The molecule has 0 spiro atoms. The van der Waals surface area contributed by atoms with Crippen LogP contribution in [0.25, 0.3) is 11.3 Å². The Hall–Kier alpha value is -2.63. The van der Waals surface area contributed by atoms with Crippen LogP contribution in [-0.2, 0) is 4.79 Å². The fraction of sp³-hybridized carbons (Fsp3) is 0.389. The van der Waals surface area contributed by atoms with Gasteiger partial charge in [0.15, 0.2) is 5.82 Å². The minimum atomic E-state index is 0.218. The predicted molar refractivity (Wildman–Crippen MR) is 93.1 cm³/mol. The molecule has 0 unspecified atom stereocenters. The van der Waals surface area contributed by atoms with Gasteiger partial charge in [0.2, 0.25) is 5.91 Å². The third-order valence-electron chi connectivity index (χ3n) is 4.30. The molecule has 0 aliphatic carbocycles. The molecule has 1 amide bonds. The van der Waals surface area contributed by atoms with Crippen molar-refractivity contribution in [2.45, 2.75) is 13.3 Å². The topological polar surface area (TPSA) is 58.6 Å². The maximum absolute atomic E-state index is 11.7. The van der Waals surface area contributed by atoms with Gasteiger partial charge in [-0.15, -0.1) is 10.2 Å². The molecule has 1 fully saturated rings. The van der Waals surface area contributed by atoms with Crippen LogP contribution in [0.15, 0.2) is 36.4 Å². The van der Waals surface area contributed by atoms with Crippen LogP contribution in [0.1, 0.15) is 13.3 Å². The van der Waals surface area contributed by atoms with Crippen LogP contribution in [0.4, 0.5) is 5.82 Å². The Bertz CT molecular complexity index is 677. The van der Waals surface area contributed by atoms with Crippen molar-refractivity contribution in [2.24, 2.45) is 0 Å². The van der Waals surface area contributed by atoms with E-state index in [0.29, 0.717) is 6.42 Å². The van der Waals surface area contributed by atoms with Crippen LogP contribution in [0, 0.1) is 0 Å². The van der Waals surface area contributed by atoms with Gasteiger partial charge in [-0.2, -0.15) is 0 Å². The highest BCUT2D eigenvalue weighted by molar-refractivity contribution is 5.76. The number of hydrogen-bond acceptors (Lipinski definition) is 5. The monoisotopic (exact) mass is 326 g/mol. The van der Waals surface area contributed by atoms with Crippen LogP contribution < -0.4 is 9.64 Å². The van der Waals surface area contributed by atoms with Gasteiger partial charge in [-0.25, -0.2) is 0 Å². The summed E-state index contributed by atoms with van der Waals surface area (Å²) in [5, 5.41) is 8.69. The lowest BCUT2D eigenvalue weighted by molar-refractivity contribution is -0.131. The first kappa shape index (κ1) is 16.2. The van der Waals surface area contributed by atoms with Gasteiger partial charge >= 0.3 is 0 Å². The van der Waals surface area contributed by atoms with Crippen LogP contribution >= 0.6 is 0 Å². The first-order chi connectivity index (χ1) is 11.7. The maximum atomic E-state index is 11.7. The lowest BCUT2D eigenvalue weighted by Gasteiger charge is -2.35. The summed E-state index contributed by atoms with van der Waals surface area (Å²) in [7, 11) is 1.65. The van der Waals surface area contributed by atoms with Crippen molar-refractivity contribution < 1.29 is 9.53 Å². The van der Waals surface area contributed by atoms with Gasteiger partial charge in [0.1, 0.15) is 5.75 Å². The summed E-state index contributed by atoms with van der Waals surface area (Å²) in [6.45, 7) is 4.98. The number of hydrogen-bond donors (Lipinski definition) is 0. The average Bonchev–Trinajstić information content (AvgIpc) is 2.68. The van der Waals surface area contributed by atoms with Gasteiger partial charge in [0, 0.05) is 38.2 Å². The average molecular weight is 326 g/mol. The Kier molecular flexibility index (Phi) is 4.93. The van der Waals surface area contributed by atoms with E-state index in [0.717, 1.165) is 49.0 Å². The second kappa shape index (κ2) is 7.29. The van der Waals surface area contributed by atoms with Crippen LogP contribution in [0.2, 0.25) is 0 Å². The Labute approximate surface area is 142 Å². The minimum absolute atomic E-state index is 0.218. The number of piperazine rings is 1. The fourth-order valence-electron chi connectivity index (χ4n) is 2.82. The van der Waals surface area contributed by atoms with E-state index in [1.54, 1.807) is 7.11 Å². The normalized spacial score (nSPS) is 14.6. The van der Waals surface area contributed by atoms with Crippen molar-refractivity contribution in [1.29, 1.82) is 0 Å². The molecule has 2 aromatic rings. The maximum Gasteiger partial charge on any atom is 0.222 e. The number of ether oxygens (including phenoxy) is 1. The van der Waals surface area contributed by atoms with E-state index in [2.05, 4.69) is 15.1 Å². The number of aromatic nitrogens is 2. The van der Waals surface area contributed by atoms with Gasteiger partial charge in [-0.1, -0.05) is 6.92 Å². The SMILES string of the molecule is CCC(=O)N1CCN(c2ccc(-c3ccc(OC)cc3)nn2)CC1. The molecule has 0 N–H and O–H groups in total. The lowest BCUT2D eigenvalue weighted by Crippen LogP contribution is -2.48. The van der Waals surface area contributed by atoms with E-state index in [1.807, 2.05) is 48.2 Å². The first-order valence-corrected chi connectivity index (χ1v) is 8.22. The Morgan fingerprint density at radius 1 is 1.04 bits per heavy atom. The zero-order valence-corrected chi connectivity index (χ0v) is 14.1. The predicted octanol–water partition coefficient (Wildman–Crippen LogP) is 2.21. The summed E-state index contributed by atoms with van der Waals surface area (Å²) in [6.07, 6.45) is 0.566. The number of benzene rings is 1. The van der Waals surface area contributed by atoms with Gasteiger partial charge in [0.25, 0.3) is 0 Å². The Morgan fingerprint density at radius 2 is 1.75 bits per heavy atom. The zero-order valence-electron chi connectivity index (χ0n) is 14.1. The molecule has 0 bridgehead atoms. The van der Waals surface area contributed by atoms with Gasteiger partial charge in [-0.05, 0) is 36.4 Å². The summed E-state index contributed by atoms with van der Waals surface area (Å²) < 4.78 is 5.17. The van der Waals surface area contributed by atoms with Crippen molar-refractivity contribution >= 4 is 11.7 Å². The quantitative estimate of drug-likeness (QED) is 0.862. The molecule has 1 aliphatic heterocycles. The van der Waals surface area contributed by atoms with Gasteiger partial charge in [0.05, 0.1) is 12.8 Å². The third-order valence-corrected chi connectivity index (χ3v) is 4.30. The highest BCUT2D eigenvalue weighted by Crippen LogP contribution is 2.22. The molecule has 126 valence electrons. The number of anilines is 1. The van der Waals surface area contributed by atoms with E-state index in [4.69, 9.17) is 4.74 Å². The summed E-state index contributed by atoms with van der Waals surface area (Å²) in [5.41, 5.74) is 1.84. The number of carbonyl (C=O) groups is 1. The number of nitrogens with zero attached hydrogens (tertiary/aromatic N) is 4. The first-order valence-electron chi connectivity index (χ1n) is 8.22. The van der Waals surface area contributed by atoms with E-state index < -0.39 is 0 Å². The van der Waals surface area contributed by atoms with Gasteiger partial charge < -0.3 is 14.5 Å². The van der Waals surface area contributed by atoms with Crippen molar-refractivity contribution in [1.82, 2.24) is 15.1 Å². The van der Waals surface area contributed by atoms with E-state index in [9.17, 15) is 4.79 Å². The van der Waals surface area contributed by atoms with E-state index in [1.165, 1.54) is 0 Å². The van der Waals surface area contributed by atoms with Crippen LogP contribution in [0.3, 0.4) is 0 Å². The largest absolute Gasteiger partial charge is 0.497 e. The molecule has 3 rings (SSSR count). The summed E-state index contributed by atoms with van der Waals surface area (Å²) in [6, 6.07) is 11.7. The van der Waals surface area contributed by atoms with Crippen molar-refractivity contribution in [3.8, 4) is 17.0 Å². The highest BCUT2D eigenvalue weighted by atomic mass is 16.5. The molecule has 6 nitrogen and oxygen atoms in total.